The highest BCUT2D eigenvalue weighted by atomic mass is 32.2. The van der Waals surface area contributed by atoms with Crippen LogP contribution in [-0.2, 0) is 4.79 Å². The number of carbonyl (C=O) groups excluding carboxylic acids is 1. The predicted octanol–water partition coefficient (Wildman–Crippen LogP) is 1.51. The third-order valence-electron chi connectivity index (χ3n) is 1.77. The van der Waals surface area contributed by atoms with E-state index in [4.69, 9.17) is 0 Å². The van der Waals surface area contributed by atoms with Crippen molar-refractivity contribution < 1.29 is 18.0 Å². The van der Waals surface area contributed by atoms with E-state index in [9.17, 15) is 18.0 Å². The van der Waals surface area contributed by atoms with Crippen molar-refractivity contribution in [3.8, 4) is 0 Å². The van der Waals surface area contributed by atoms with E-state index in [2.05, 4.69) is 0 Å². The lowest BCUT2D eigenvalue weighted by Gasteiger charge is -2.30. The first kappa shape index (κ1) is 10.7. The van der Waals surface area contributed by atoms with Gasteiger partial charge in [-0.05, 0) is 0 Å². The predicted molar refractivity (Wildman–Crippen MR) is 44.6 cm³/mol. The van der Waals surface area contributed by atoms with Crippen molar-refractivity contribution in [1.82, 2.24) is 4.90 Å². The Hall–Kier alpha value is -0.390. The maximum atomic E-state index is 12.0. The molecule has 1 amide bonds. The zero-order valence-corrected chi connectivity index (χ0v) is 7.91. The van der Waals surface area contributed by atoms with E-state index in [0.717, 1.165) is 4.90 Å². The second-order valence-electron chi connectivity index (χ2n) is 2.93. The van der Waals surface area contributed by atoms with Gasteiger partial charge in [-0.1, -0.05) is 6.92 Å². The highest BCUT2D eigenvalue weighted by molar-refractivity contribution is 7.99. The molecule has 2 nitrogen and oxygen atoms in total. The van der Waals surface area contributed by atoms with Crippen LogP contribution in [0.25, 0.3) is 0 Å². The van der Waals surface area contributed by atoms with Crippen LogP contribution in [0.4, 0.5) is 13.2 Å². The van der Waals surface area contributed by atoms with Crippen LogP contribution in [0, 0.1) is 0 Å². The van der Waals surface area contributed by atoms with Crippen LogP contribution < -0.4 is 0 Å². The zero-order chi connectivity index (χ0) is 10.1. The molecule has 0 aromatic rings. The monoisotopic (exact) mass is 213 g/mol. The Morgan fingerprint density at radius 1 is 1.54 bits per heavy atom. The molecule has 13 heavy (non-hydrogen) atoms. The highest BCUT2D eigenvalue weighted by Crippen LogP contribution is 2.23. The summed E-state index contributed by atoms with van der Waals surface area (Å²) in [6.07, 6.45) is -4.72. The number of amides is 1. The molecule has 0 saturated carbocycles. The van der Waals surface area contributed by atoms with E-state index in [1.54, 1.807) is 11.8 Å². The number of nitrogens with zero attached hydrogens (tertiary/aromatic N) is 1. The molecule has 6 heteroatoms. The van der Waals surface area contributed by atoms with Crippen LogP contribution in [0.3, 0.4) is 0 Å². The molecule has 1 aliphatic heterocycles. The first-order chi connectivity index (χ1) is 5.91. The average Bonchev–Trinajstić information content (AvgIpc) is 2.01. The summed E-state index contributed by atoms with van der Waals surface area (Å²) in [5, 5.41) is 0.0973. The molecular weight excluding hydrogens is 203 g/mol. The van der Waals surface area contributed by atoms with Gasteiger partial charge in [0.2, 0.25) is 0 Å². The SMILES string of the molecule is CC1CN(C(=O)C(F)(F)F)CCS1. The Balaban J connectivity index is 2.56. The summed E-state index contributed by atoms with van der Waals surface area (Å²) < 4.78 is 35.9. The minimum Gasteiger partial charge on any atom is -0.333 e. The van der Waals surface area contributed by atoms with Gasteiger partial charge in [0.25, 0.3) is 0 Å². The number of alkyl halides is 3. The van der Waals surface area contributed by atoms with Gasteiger partial charge in [0.1, 0.15) is 0 Å². The number of rotatable bonds is 0. The first-order valence-corrected chi connectivity index (χ1v) is 4.94. The minimum atomic E-state index is -4.72. The van der Waals surface area contributed by atoms with Crippen LogP contribution >= 0.6 is 11.8 Å². The molecule has 1 rings (SSSR count). The van der Waals surface area contributed by atoms with Gasteiger partial charge in [-0.25, -0.2) is 0 Å². The maximum Gasteiger partial charge on any atom is 0.471 e. The molecule has 0 radical (unpaired) electrons. The van der Waals surface area contributed by atoms with Crippen molar-refractivity contribution in [2.75, 3.05) is 18.8 Å². The summed E-state index contributed by atoms with van der Waals surface area (Å²) in [5.41, 5.74) is 0. The number of halogens is 3. The number of hydrogen-bond acceptors (Lipinski definition) is 2. The lowest BCUT2D eigenvalue weighted by molar-refractivity contribution is -0.185. The van der Waals surface area contributed by atoms with Crippen molar-refractivity contribution in [2.45, 2.75) is 18.3 Å². The van der Waals surface area contributed by atoms with Crippen LogP contribution in [0.15, 0.2) is 0 Å². The fourth-order valence-corrected chi connectivity index (χ4v) is 2.20. The van der Waals surface area contributed by atoms with Crippen molar-refractivity contribution in [3.05, 3.63) is 0 Å². The average molecular weight is 213 g/mol. The molecule has 0 aromatic heterocycles. The number of hydrogen-bond donors (Lipinski definition) is 0. The van der Waals surface area contributed by atoms with Crippen molar-refractivity contribution in [2.24, 2.45) is 0 Å². The Morgan fingerprint density at radius 3 is 2.62 bits per heavy atom. The fraction of sp³-hybridized carbons (Fsp3) is 0.857. The van der Waals surface area contributed by atoms with Gasteiger partial charge in [0.15, 0.2) is 0 Å². The molecule has 0 bridgehead atoms. The van der Waals surface area contributed by atoms with Gasteiger partial charge in [-0.15, -0.1) is 0 Å². The molecular formula is C7H10F3NOS. The Kier molecular flexibility index (Phi) is 3.10. The van der Waals surface area contributed by atoms with Crippen molar-refractivity contribution in [3.63, 3.8) is 0 Å². The molecule has 1 aliphatic rings. The second-order valence-corrected chi connectivity index (χ2v) is 4.48. The van der Waals surface area contributed by atoms with Gasteiger partial charge in [-0.2, -0.15) is 24.9 Å². The molecule has 1 fully saturated rings. The molecule has 0 N–H and O–H groups in total. The Labute approximate surface area is 78.5 Å². The van der Waals surface area contributed by atoms with E-state index >= 15 is 0 Å². The Bertz CT molecular complexity index is 206. The van der Waals surface area contributed by atoms with Crippen LogP contribution in [0.1, 0.15) is 6.92 Å². The van der Waals surface area contributed by atoms with Gasteiger partial charge in [0.05, 0.1) is 0 Å². The van der Waals surface area contributed by atoms with Gasteiger partial charge in [0, 0.05) is 24.1 Å². The van der Waals surface area contributed by atoms with Gasteiger partial charge >= 0.3 is 12.1 Å². The van der Waals surface area contributed by atoms with E-state index in [1.165, 1.54) is 0 Å². The fourth-order valence-electron chi connectivity index (χ4n) is 1.18. The molecule has 0 aliphatic carbocycles. The second kappa shape index (κ2) is 3.77. The smallest absolute Gasteiger partial charge is 0.333 e. The maximum absolute atomic E-state index is 12.0. The summed E-state index contributed by atoms with van der Waals surface area (Å²) in [6.45, 7) is 2.22. The normalized spacial score (nSPS) is 24.6. The first-order valence-electron chi connectivity index (χ1n) is 3.89. The lowest BCUT2D eigenvalue weighted by Crippen LogP contribution is -2.47. The van der Waals surface area contributed by atoms with E-state index in [0.29, 0.717) is 5.75 Å². The van der Waals surface area contributed by atoms with E-state index in [1.807, 2.05) is 6.92 Å². The standard InChI is InChI=1S/C7H10F3NOS/c1-5-4-11(2-3-13-5)6(12)7(8,9)10/h5H,2-4H2,1H3. The number of carbonyl (C=O) groups is 1. The molecule has 76 valence electrons. The molecule has 1 unspecified atom stereocenters. The summed E-state index contributed by atoms with van der Waals surface area (Å²) in [4.78, 5) is 11.6. The van der Waals surface area contributed by atoms with Crippen molar-refractivity contribution >= 4 is 17.7 Å². The quantitative estimate of drug-likeness (QED) is 0.608. The van der Waals surface area contributed by atoms with E-state index < -0.39 is 12.1 Å². The van der Waals surface area contributed by atoms with E-state index in [-0.39, 0.29) is 18.3 Å². The third-order valence-corrected chi connectivity index (χ3v) is 2.91. The molecule has 0 spiro atoms. The number of thioether (sulfide) groups is 1. The van der Waals surface area contributed by atoms with Crippen LogP contribution in [0.5, 0.6) is 0 Å². The zero-order valence-electron chi connectivity index (χ0n) is 7.10. The highest BCUT2D eigenvalue weighted by Gasteiger charge is 2.43. The summed E-state index contributed by atoms with van der Waals surface area (Å²) >= 11 is 1.59. The largest absolute Gasteiger partial charge is 0.471 e. The summed E-state index contributed by atoms with van der Waals surface area (Å²) in [7, 11) is 0. The summed E-state index contributed by atoms with van der Waals surface area (Å²) in [5.74, 6) is -1.12. The molecule has 1 saturated heterocycles. The third kappa shape index (κ3) is 2.79. The molecule has 1 heterocycles. The topological polar surface area (TPSA) is 20.3 Å². The van der Waals surface area contributed by atoms with Gasteiger partial charge in [-0.3, -0.25) is 4.79 Å². The van der Waals surface area contributed by atoms with Crippen LogP contribution in [0.2, 0.25) is 0 Å². The van der Waals surface area contributed by atoms with Crippen molar-refractivity contribution in [1.29, 1.82) is 0 Å². The lowest BCUT2D eigenvalue weighted by atomic mass is 10.3. The van der Waals surface area contributed by atoms with Crippen LogP contribution in [-0.4, -0.2) is 41.1 Å². The van der Waals surface area contributed by atoms with Gasteiger partial charge < -0.3 is 4.90 Å². The molecule has 0 aromatic carbocycles. The summed E-state index contributed by atoms with van der Waals surface area (Å²) in [6, 6.07) is 0. The Morgan fingerprint density at radius 2 is 2.15 bits per heavy atom. The minimum absolute atomic E-state index is 0.0973. The molecule has 1 atom stereocenters.